The van der Waals surface area contributed by atoms with Crippen molar-refractivity contribution in [1.82, 2.24) is 5.32 Å². The van der Waals surface area contributed by atoms with Crippen molar-refractivity contribution >= 4 is 5.97 Å². The zero-order chi connectivity index (χ0) is 13.3. The van der Waals surface area contributed by atoms with Crippen molar-refractivity contribution in [2.45, 2.75) is 66.0 Å². The van der Waals surface area contributed by atoms with E-state index in [1.807, 2.05) is 6.92 Å². The molecule has 17 heavy (non-hydrogen) atoms. The number of carbonyl (C=O) groups excluding carboxylic acids is 1. The molecule has 0 aromatic heterocycles. The molecular formula is C14H27NO2. The number of ether oxygens (including phenoxy) is 1. The molecule has 1 aliphatic rings. The molecule has 1 aliphatic carbocycles. The van der Waals surface area contributed by atoms with Gasteiger partial charge in [-0.05, 0) is 44.9 Å². The van der Waals surface area contributed by atoms with E-state index in [1.54, 1.807) is 0 Å². The van der Waals surface area contributed by atoms with E-state index in [-0.39, 0.29) is 17.4 Å². The highest BCUT2D eigenvalue weighted by Gasteiger charge is 2.54. The normalized spacial score (nSPS) is 31.8. The number of hydrogen-bond donors (Lipinski definition) is 1. The fourth-order valence-electron chi connectivity index (χ4n) is 3.30. The number of hydrogen-bond acceptors (Lipinski definition) is 3. The summed E-state index contributed by atoms with van der Waals surface area (Å²) in [6, 6.07) is 0.288. The summed E-state index contributed by atoms with van der Waals surface area (Å²) in [5.74, 6) is 0.241. The van der Waals surface area contributed by atoms with Gasteiger partial charge in [-0.3, -0.25) is 10.1 Å². The highest BCUT2D eigenvalue weighted by Crippen LogP contribution is 2.48. The van der Waals surface area contributed by atoms with Crippen molar-refractivity contribution < 1.29 is 9.53 Å². The number of esters is 1. The second-order valence-corrected chi connectivity index (χ2v) is 6.44. The topological polar surface area (TPSA) is 38.3 Å². The summed E-state index contributed by atoms with van der Waals surface area (Å²) < 4.78 is 5.29. The molecule has 0 heterocycles. The third-order valence-corrected chi connectivity index (χ3v) is 3.64. The number of carbonyl (C=O) groups is 1. The Bertz CT molecular complexity index is 286. The third-order valence-electron chi connectivity index (χ3n) is 3.64. The van der Waals surface area contributed by atoms with Crippen LogP contribution in [-0.4, -0.2) is 24.2 Å². The van der Waals surface area contributed by atoms with Gasteiger partial charge in [0.15, 0.2) is 0 Å². The van der Waals surface area contributed by atoms with Gasteiger partial charge in [-0.25, -0.2) is 0 Å². The average Bonchev–Trinajstić information content (AvgIpc) is 2.36. The maximum atomic E-state index is 12.3. The van der Waals surface area contributed by atoms with E-state index >= 15 is 0 Å². The van der Waals surface area contributed by atoms with Gasteiger partial charge < -0.3 is 4.74 Å². The largest absolute Gasteiger partial charge is 0.465 e. The molecule has 0 bridgehead atoms. The van der Waals surface area contributed by atoms with Crippen LogP contribution in [0.3, 0.4) is 0 Å². The molecule has 3 nitrogen and oxygen atoms in total. The van der Waals surface area contributed by atoms with Gasteiger partial charge in [-0.2, -0.15) is 0 Å². The highest BCUT2D eigenvalue weighted by atomic mass is 16.5. The summed E-state index contributed by atoms with van der Waals surface area (Å²) >= 11 is 0. The first-order valence-electron chi connectivity index (χ1n) is 6.68. The lowest BCUT2D eigenvalue weighted by Crippen LogP contribution is -2.57. The molecule has 0 amide bonds. The van der Waals surface area contributed by atoms with E-state index in [9.17, 15) is 4.79 Å². The molecule has 1 rings (SSSR count). The number of nitrogens with one attached hydrogen (secondary N) is 1. The monoisotopic (exact) mass is 241 g/mol. The van der Waals surface area contributed by atoms with Gasteiger partial charge in [-0.15, -0.1) is 0 Å². The molecule has 1 saturated carbocycles. The van der Waals surface area contributed by atoms with Crippen LogP contribution in [-0.2, 0) is 9.53 Å². The van der Waals surface area contributed by atoms with Gasteiger partial charge in [0.1, 0.15) is 5.54 Å². The molecule has 0 radical (unpaired) electrons. The zero-order valence-corrected chi connectivity index (χ0v) is 12.1. The Hall–Kier alpha value is -0.570. The van der Waals surface area contributed by atoms with Crippen LogP contribution >= 0.6 is 0 Å². The minimum Gasteiger partial charge on any atom is -0.465 e. The highest BCUT2D eigenvalue weighted by molar-refractivity contribution is 5.82. The van der Waals surface area contributed by atoms with Gasteiger partial charge in [0.2, 0.25) is 0 Å². The lowest BCUT2D eigenvalue weighted by Gasteiger charge is -2.35. The molecule has 2 atom stereocenters. The van der Waals surface area contributed by atoms with Gasteiger partial charge in [-0.1, -0.05) is 20.8 Å². The van der Waals surface area contributed by atoms with E-state index < -0.39 is 5.54 Å². The Morgan fingerprint density at radius 2 is 2.06 bits per heavy atom. The molecule has 1 N–H and O–H groups in total. The standard InChI is InChI=1S/C14H27NO2/c1-7-17-12(16)14(15-10(2)3)9-13(5,6)8-11(14)4/h10-11,15H,7-9H2,1-6H3. The van der Waals surface area contributed by atoms with Crippen LogP contribution in [0, 0.1) is 11.3 Å². The van der Waals surface area contributed by atoms with E-state index in [2.05, 4.69) is 39.9 Å². The molecule has 0 aliphatic heterocycles. The van der Waals surface area contributed by atoms with E-state index in [4.69, 9.17) is 4.74 Å². The zero-order valence-electron chi connectivity index (χ0n) is 12.1. The summed E-state index contributed by atoms with van der Waals surface area (Å²) in [6.07, 6.45) is 1.92. The molecule has 100 valence electrons. The molecule has 0 aromatic carbocycles. The fraction of sp³-hybridized carbons (Fsp3) is 0.929. The second kappa shape index (κ2) is 4.97. The molecule has 1 fully saturated rings. The first kappa shape index (κ1) is 14.5. The summed E-state index contributed by atoms with van der Waals surface area (Å²) in [5, 5.41) is 3.47. The SMILES string of the molecule is CCOC(=O)C1(NC(C)C)CC(C)(C)CC1C. The molecule has 3 heteroatoms. The summed E-state index contributed by atoms with van der Waals surface area (Å²) in [5.41, 5.74) is -0.290. The first-order valence-corrected chi connectivity index (χ1v) is 6.68. The summed E-state index contributed by atoms with van der Waals surface area (Å²) in [6.45, 7) is 13.1. The number of rotatable bonds is 4. The van der Waals surface area contributed by atoms with Gasteiger partial charge in [0.25, 0.3) is 0 Å². The van der Waals surface area contributed by atoms with Crippen molar-refractivity contribution in [1.29, 1.82) is 0 Å². The van der Waals surface area contributed by atoms with E-state index in [1.165, 1.54) is 0 Å². The Labute approximate surface area is 105 Å². The molecular weight excluding hydrogens is 214 g/mol. The van der Waals surface area contributed by atoms with Crippen LogP contribution < -0.4 is 5.32 Å². The average molecular weight is 241 g/mol. The molecule has 0 saturated heterocycles. The van der Waals surface area contributed by atoms with Crippen molar-refractivity contribution in [3.63, 3.8) is 0 Å². The Kier molecular flexibility index (Phi) is 4.23. The van der Waals surface area contributed by atoms with Gasteiger partial charge in [0.05, 0.1) is 6.61 Å². The van der Waals surface area contributed by atoms with Crippen molar-refractivity contribution in [3.05, 3.63) is 0 Å². The Balaban J connectivity index is 2.98. The molecule has 0 spiro atoms. The van der Waals surface area contributed by atoms with Gasteiger partial charge in [0, 0.05) is 6.04 Å². The maximum Gasteiger partial charge on any atom is 0.326 e. The minimum atomic E-state index is -0.492. The fourth-order valence-corrected chi connectivity index (χ4v) is 3.30. The maximum absolute atomic E-state index is 12.3. The van der Waals surface area contributed by atoms with E-state index in [0.717, 1.165) is 12.8 Å². The quantitative estimate of drug-likeness (QED) is 0.769. The van der Waals surface area contributed by atoms with Crippen LogP contribution in [0.5, 0.6) is 0 Å². The predicted octanol–water partition coefficient (Wildman–Crippen LogP) is 2.74. The van der Waals surface area contributed by atoms with Crippen molar-refractivity contribution in [2.75, 3.05) is 6.61 Å². The summed E-state index contributed by atoms with van der Waals surface area (Å²) in [4.78, 5) is 12.3. The van der Waals surface area contributed by atoms with Gasteiger partial charge >= 0.3 is 5.97 Å². The third kappa shape index (κ3) is 3.01. The van der Waals surface area contributed by atoms with Crippen LogP contribution in [0.4, 0.5) is 0 Å². The smallest absolute Gasteiger partial charge is 0.326 e. The summed E-state index contributed by atoms with van der Waals surface area (Å²) in [7, 11) is 0. The Morgan fingerprint density at radius 1 is 1.47 bits per heavy atom. The van der Waals surface area contributed by atoms with E-state index in [0.29, 0.717) is 12.5 Å². The van der Waals surface area contributed by atoms with Crippen LogP contribution in [0.2, 0.25) is 0 Å². The minimum absolute atomic E-state index is 0.0771. The first-order chi connectivity index (χ1) is 7.73. The molecule has 0 aromatic rings. The Morgan fingerprint density at radius 3 is 2.41 bits per heavy atom. The lowest BCUT2D eigenvalue weighted by molar-refractivity contribution is -0.153. The predicted molar refractivity (Wildman–Crippen MR) is 69.8 cm³/mol. The van der Waals surface area contributed by atoms with Crippen molar-refractivity contribution in [3.8, 4) is 0 Å². The van der Waals surface area contributed by atoms with Crippen LogP contribution in [0.25, 0.3) is 0 Å². The van der Waals surface area contributed by atoms with Crippen LogP contribution in [0.1, 0.15) is 54.4 Å². The second-order valence-electron chi connectivity index (χ2n) is 6.44. The van der Waals surface area contributed by atoms with Crippen LogP contribution in [0.15, 0.2) is 0 Å². The lowest BCUT2D eigenvalue weighted by atomic mass is 9.85. The molecule has 2 unspecified atom stereocenters. The van der Waals surface area contributed by atoms with Crippen molar-refractivity contribution in [2.24, 2.45) is 11.3 Å².